The molecule has 0 saturated carbocycles. The zero-order valence-electron chi connectivity index (χ0n) is 9.70. The summed E-state index contributed by atoms with van der Waals surface area (Å²) in [5, 5.41) is 10.6. The van der Waals surface area contributed by atoms with Gasteiger partial charge in [0.15, 0.2) is 5.79 Å². The summed E-state index contributed by atoms with van der Waals surface area (Å²) in [6.45, 7) is 2.15. The zero-order chi connectivity index (χ0) is 11.2. The van der Waals surface area contributed by atoms with Crippen molar-refractivity contribution in [2.45, 2.75) is 50.4 Å². The molecule has 1 fully saturated rings. The Morgan fingerprint density at radius 3 is 2.62 bits per heavy atom. The van der Waals surface area contributed by atoms with Crippen LogP contribution < -0.4 is 0 Å². The summed E-state index contributed by atoms with van der Waals surface area (Å²) >= 11 is 0. The van der Waals surface area contributed by atoms with Crippen LogP contribution in [0.3, 0.4) is 0 Å². The van der Waals surface area contributed by atoms with Crippen molar-refractivity contribution >= 4 is 0 Å². The third-order valence-electron chi connectivity index (χ3n) is 4.12. The van der Waals surface area contributed by atoms with Crippen molar-refractivity contribution in [3.05, 3.63) is 35.4 Å². The van der Waals surface area contributed by atoms with Gasteiger partial charge in [0.1, 0.15) is 0 Å². The molecule has 2 atom stereocenters. The highest BCUT2D eigenvalue weighted by molar-refractivity contribution is 5.40. The largest absolute Gasteiger partial charge is 0.362 e. The third-order valence-corrected chi connectivity index (χ3v) is 4.12. The topological polar surface area (TPSA) is 29.5 Å². The number of hydrogen-bond donors (Lipinski definition) is 1. The summed E-state index contributed by atoms with van der Waals surface area (Å²) in [5.41, 5.74) is 1.97. The highest BCUT2D eigenvalue weighted by Crippen LogP contribution is 2.54. The second kappa shape index (κ2) is 3.31. The number of aliphatic hydroxyl groups is 1. The van der Waals surface area contributed by atoms with E-state index in [4.69, 9.17) is 4.74 Å². The predicted molar refractivity (Wildman–Crippen MR) is 61.9 cm³/mol. The van der Waals surface area contributed by atoms with Gasteiger partial charge in [-0.2, -0.15) is 0 Å². The first kappa shape index (κ1) is 10.3. The van der Waals surface area contributed by atoms with Gasteiger partial charge in [0, 0.05) is 12.0 Å². The Kier molecular flexibility index (Phi) is 2.13. The van der Waals surface area contributed by atoms with Crippen LogP contribution in [0.2, 0.25) is 0 Å². The Hall–Kier alpha value is -0.860. The van der Waals surface area contributed by atoms with E-state index in [0.29, 0.717) is 0 Å². The maximum Gasteiger partial charge on any atom is 0.193 e. The van der Waals surface area contributed by atoms with Gasteiger partial charge in [0.25, 0.3) is 0 Å². The van der Waals surface area contributed by atoms with Crippen LogP contribution in [0.1, 0.15) is 50.2 Å². The molecule has 2 aliphatic heterocycles. The first-order valence-electron chi connectivity index (χ1n) is 6.23. The summed E-state index contributed by atoms with van der Waals surface area (Å²) in [6.07, 6.45) is 4.89. The lowest BCUT2D eigenvalue weighted by atomic mass is 9.82. The van der Waals surface area contributed by atoms with Crippen molar-refractivity contribution in [2.24, 2.45) is 0 Å². The molecule has 1 aromatic rings. The first-order chi connectivity index (χ1) is 7.70. The van der Waals surface area contributed by atoms with E-state index >= 15 is 0 Å². The highest BCUT2D eigenvalue weighted by atomic mass is 16.6. The van der Waals surface area contributed by atoms with Crippen molar-refractivity contribution in [1.29, 1.82) is 0 Å². The quantitative estimate of drug-likeness (QED) is 0.785. The van der Waals surface area contributed by atoms with Crippen molar-refractivity contribution in [1.82, 2.24) is 0 Å². The van der Waals surface area contributed by atoms with Gasteiger partial charge in [0.2, 0.25) is 0 Å². The number of fused-ring (bicyclic) bond motifs is 5. The normalized spacial score (nSPS) is 36.9. The molecule has 2 aliphatic rings. The number of benzene rings is 1. The van der Waals surface area contributed by atoms with Crippen LogP contribution in [0.4, 0.5) is 0 Å². The molecule has 1 aromatic carbocycles. The number of hydrogen-bond acceptors (Lipinski definition) is 2. The molecule has 2 heterocycles. The molecule has 16 heavy (non-hydrogen) atoms. The minimum Gasteiger partial charge on any atom is -0.362 e. The van der Waals surface area contributed by atoms with Crippen LogP contribution in [-0.4, -0.2) is 5.11 Å². The molecule has 2 unspecified atom stereocenters. The fourth-order valence-electron chi connectivity index (χ4n) is 3.24. The fraction of sp³-hybridized carbons (Fsp3) is 0.571. The van der Waals surface area contributed by atoms with Crippen LogP contribution in [0.25, 0.3) is 0 Å². The fourth-order valence-corrected chi connectivity index (χ4v) is 3.24. The van der Waals surface area contributed by atoms with Crippen LogP contribution in [0.15, 0.2) is 24.3 Å². The van der Waals surface area contributed by atoms with Gasteiger partial charge in [-0.1, -0.05) is 37.6 Å². The van der Waals surface area contributed by atoms with Crippen LogP contribution >= 0.6 is 0 Å². The first-order valence-corrected chi connectivity index (χ1v) is 6.23. The summed E-state index contributed by atoms with van der Waals surface area (Å²) in [6, 6.07) is 8.15. The lowest BCUT2D eigenvalue weighted by Gasteiger charge is -2.29. The van der Waals surface area contributed by atoms with Gasteiger partial charge in [-0.05, 0) is 24.8 Å². The molecular weight excluding hydrogens is 200 g/mol. The second-order valence-corrected chi connectivity index (χ2v) is 4.99. The van der Waals surface area contributed by atoms with Gasteiger partial charge in [-0.15, -0.1) is 0 Å². The van der Waals surface area contributed by atoms with Crippen molar-refractivity contribution in [2.75, 3.05) is 0 Å². The van der Waals surface area contributed by atoms with Crippen molar-refractivity contribution < 1.29 is 9.84 Å². The SMILES string of the molecule is CCC12CCCCC(O)(O1)c1ccccc12. The maximum absolute atomic E-state index is 10.6. The molecule has 2 bridgehead atoms. The Morgan fingerprint density at radius 1 is 1.19 bits per heavy atom. The van der Waals surface area contributed by atoms with Crippen molar-refractivity contribution in [3.63, 3.8) is 0 Å². The molecule has 0 spiro atoms. The summed E-state index contributed by atoms with van der Waals surface area (Å²) in [4.78, 5) is 0. The molecule has 0 aromatic heterocycles. The Labute approximate surface area is 96.2 Å². The molecule has 1 N–H and O–H groups in total. The molecule has 2 heteroatoms. The molecule has 1 saturated heterocycles. The summed E-state index contributed by atoms with van der Waals surface area (Å²) in [5.74, 6) is -1.02. The molecule has 3 rings (SSSR count). The average Bonchev–Trinajstić information content (AvgIpc) is 2.45. The Balaban J connectivity index is 2.21. The summed E-state index contributed by atoms with van der Waals surface area (Å²) in [7, 11) is 0. The van der Waals surface area contributed by atoms with Crippen LogP contribution in [0.5, 0.6) is 0 Å². The zero-order valence-corrected chi connectivity index (χ0v) is 9.70. The highest BCUT2D eigenvalue weighted by Gasteiger charge is 2.52. The maximum atomic E-state index is 10.6. The molecular formula is C14H18O2. The monoisotopic (exact) mass is 218 g/mol. The van der Waals surface area contributed by atoms with Crippen LogP contribution in [-0.2, 0) is 16.1 Å². The minimum atomic E-state index is -1.02. The van der Waals surface area contributed by atoms with Gasteiger partial charge in [-0.3, -0.25) is 0 Å². The van der Waals surface area contributed by atoms with E-state index in [1.807, 2.05) is 18.2 Å². The third kappa shape index (κ3) is 1.20. The van der Waals surface area contributed by atoms with E-state index in [0.717, 1.165) is 37.7 Å². The smallest absolute Gasteiger partial charge is 0.193 e. The van der Waals surface area contributed by atoms with E-state index in [-0.39, 0.29) is 5.60 Å². The van der Waals surface area contributed by atoms with E-state index < -0.39 is 5.79 Å². The Morgan fingerprint density at radius 2 is 1.88 bits per heavy atom. The number of rotatable bonds is 1. The van der Waals surface area contributed by atoms with E-state index in [1.54, 1.807) is 0 Å². The average molecular weight is 218 g/mol. The van der Waals surface area contributed by atoms with Gasteiger partial charge < -0.3 is 9.84 Å². The lowest BCUT2D eigenvalue weighted by Crippen LogP contribution is -2.29. The lowest BCUT2D eigenvalue weighted by molar-refractivity contribution is -0.257. The van der Waals surface area contributed by atoms with Crippen LogP contribution in [0, 0.1) is 0 Å². The molecule has 0 amide bonds. The van der Waals surface area contributed by atoms with Gasteiger partial charge in [0.05, 0.1) is 5.60 Å². The van der Waals surface area contributed by atoms with Gasteiger partial charge >= 0.3 is 0 Å². The van der Waals surface area contributed by atoms with E-state index in [2.05, 4.69) is 13.0 Å². The molecule has 86 valence electrons. The summed E-state index contributed by atoms with van der Waals surface area (Å²) < 4.78 is 6.07. The van der Waals surface area contributed by atoms with Gasteiger partial charge in [-0.25, -0.2) is 0 Å². The Bertz CT molecular complexity index is 415. The number of ether oxygens (including phenoxy) is 1. The van der Waals surface area contributed by atoms with E-state index in [9.17, 15) is 5.11 Å². The molecule has 0 radical (unpaired) electrons. The van der Waals surface area contributed by atoms with E-state index in [1.165, 1.54) is 5.56 Å². The second-order valence-electron chi connectivity index (χ2n) is 4.99. The standard InChI is InChI=1S/C14H18O2/c1-2-13-9-5-6-10-14(15,16-13)12-8-4-3-7-11(12)13/h3-4,7-8,15H,2,5-6,9-10H2,1H3. The minimum absolute atomic E-state index is 0.234. The predicted octanol–water partition coefficient (Wildman–Crippen LogP) is 3.04. The van der Waals surface area contributed by atoms with Crippen molar-refractivity contribution in [3.8, 4) is 0 Å². The molecule has 2 nitrogen and oxygen atoms in total. The molecule has 0 aliphatic carbocycles.